The maximum Gasteiger partial charge on any atom is 0.319 e. The number of carbonyl (C=O) groups excluding carboxylic acids is 1. The van der Waals surface area contributed by atoms with Crippen LogP contribution in [0.2, 0.25) is 0 Å². The molecule has 0 unspecified atom stereocenters. The zero-order valence-electron chi connectivity index (χ0n) is 16.5. The van der Waals surface area contributed by atoms with Crippen molar-refractivity contribution in [3.05, 3.63) is 42.0 Å². The van der Waals surface area contributed by atoms with E-state index in [1.165, 1.54) is 21.3 Å². The molecule has 2 aromatic carbocycles. The van der Waals surface area contributed by atoms with Gasteiger partial charge in [0.15, 0.2) is 11.5 Å². The third-order valence-electron chi connectivity index (χ3n) is 4.16. The smallest absolute Gasteiger partial charge is 0.319 e. The Kier molecular flexibility index (Phi) is 6.39. The zero-order valence-corrected chi connectivity index (χ0v) is 16.5. The van der Waals surface area contributed by atoms with Crippen LogP contribution >= 0.6 is 0 Å². The zero-order chi connectivity index (χ0) is 20.0. The van der Waals surface area contributed by atoms with E-state index in [4.69, 9.17) is 18.9 Å². The number of carbonyl (C=O) groups is 1. The number of benzene rings is 2. The average molecular weight is 374 g/mol. The number of hydrogen-bond acceptors (Lipinski definition) is 5. The number of urea groups is 1. The SMILES string of the molecule is COc1ccc(C(C)(C)NC(=O)Nc2cc(OC)c(OC)c(OC)c2)cc1. The van der Waals surface area contributed by atoms with Crippen LogP contribution in [0.3, 0.4) is 0 Å². The predicted molar refractivity (Wildman–Crippen MR) is 104 cm³/mol. The van der Waals surface area contributed by atoms with Crippen LogP contribution < -0.4 is 29.6 Å². The lowest BCUT2D eigenvalue weighted by Crippen LogP contribution is -2.43. The van der Waals surface area contributed by atoms with Crippen molar-refractivity contribution in [3.8, 4) is 23.0 Å². The first-order valence-corrected chi connectivity index (χ1v) is 8.38. The summed E-state index contributed by atoms with van der Waals surface area (Å²) < 4.78 is 21.1. The van der Waals surface area contributed by atoms with Gasteiger partial charge in [0, 0.05) is 12.1 Å². The molecule has 0 bridgehead atoms. The number of rotatable bonds is 7. The Morgan fingerprint density at radius 1 is 0.852 bits per heavy atom. The van der Waals surface area contributed by atoms with Crippen LogP contribution in [0.1, 0.15) is 19.4 Å². The topological polar surface area (TPSA) is 78.1 Å². The van der Waals surface area contributed by atoms with Crippen molar-refractivity contribution in [3.63, 3.8) is 0 Å². The Morgan fingerprint density at radius 2 is 1.41 bits per heavy atom. The number of methoxy groups -OCH3 is 4. The van der Waals surface area contributed by atoms with Gasteiger partial charge in [-0.3, -0.25) is 0 Å². The summed E-state index contributed by atoms with van der Waals surface area (Å²) in [4.78, 5) is 12.5. The number of ether oxygens (including phenoxy) is 4. The Balaban J connectivity index is 2.16. The highest BCUT2D eigenvalue weighted by Crippen LogP contribution is 2.40. The number of anilines is 1. The Morgan fingerprint density at radius 3 is 1.85 bits per heavy atom. The highest BCUT2D eigenvalue weighted by atomic mass is 16.5. The van der Waals surface area contributed by atoms with Crippen molar-refractivity contribution >= 4 is 11.7 Å². The van der Waals surface area contributed by atoms with E-state index in [0.717, 1.165) is 11.3 Å². The lowest BCUT2D eigenvalue weighted by atomic mass is 9.94. The van der Waals surface area contributed by atoms with E-state index in [9.17, 15) is 4.79 Å². The molecule has 2 aromatic rings. The normalized spacial score (nSPS) is 10.7. The molecule has 0 aliphatic heterocycles. The van der Waals surface area contributed by atoms with Gasteiger partial charge in [-0.2, -0.15) is 0 Å². The fraction of sp³-hybridized carbons (Fsp3) is 0.350. The lowest BCUT2D eigenvalue weighted by Gasteiger charge is -2.27. The van der Waals surface area contributed by atoms with Gasteiger partial charge < -0.3 is 29.6 Å². The molecule has 27 heavy (non-hydrogen) atoms. The maximum atomic E-state index is 12.5. The molecule has 0 aliphatic carbocycles. The van der Waals surface area contributed by atoms with Crippen molar-refractivity contribution in [2.75, 3.05) is 33.8 Å². The lowest BCUT2D eigenvalue weighted by molar-refractivity contribution is 0.242. The minimum absolute atomic E-state index is 0.356. The highest BCUT2D eigenvalue weighted by Gasteiger charge is 2.23. The van der Waals surface area contributed by atoms with Gasteiger partial charge in [0.2, 0.25) is 5.75 Å². The summed E-state index contributed by atoms with van der Waals surface area (Å²) in [5.41, 5.74) is 0.882. The van der Waals surface area contributed by atoms with Crippen LogP contribution in [0.15, 0.2) is 36.4 Å². The molecular formula is C20H26N2O5. The Labute approximate surface area is 159 Å². The molecule has 0 heterocycles. The van der Waals surface area contributed by atoms with E-state index in [2.05, 4.69) is 10.6 Å². The average Bonchev–Trinajstić information content (AvgIpc) is 2.66. The van der Waals surface area contributed by atoms with Crippen LogP contribution in [0.25, 0.3) is 0 Å². The van der Waals surface area contributed by atoms with Gasteiger partial charge in [-0.15, -0.1) is 0 Å². The van der Waals surface area contributed by atoms with E-state index in [1.54, 1.807) is 19.2 Å². The van der Waals surface area contributed by atoms with Gasteiger partial charge in [-0.25, -0.2) is 4.79 Å². The van der Waals surface area contributed by atoms with Crippen molar-refractivity contribution in [2.45, 2.75) is 19.4 Å². The minimum Gasteiger partial charge on any atom is -0.497 e. The van der Waals surface area contributed by atoms with E-state index in [1.807, 2.05) is 38.1 Å². The second-order valence-corrected chi connectivity index (χ2v) is 6.35. The fourth-order valence-electron chi connectivity index (χ4n) is 2.68. The molecule has 0 radical (unpaired) electrons. The van der Waals surface area contributed by atoms with Gasteiger partial charge in [0.1, 0.15) is 5.75 Å². The molecule has 0 atom stereocenters. The molecule has 0 spiro atoms. The van der Waals surface area contributed by atoms with Crippen molar-refractivity contribution in [1.29, 1.82) is 0 Å². The molecule has 146 valence electrons. The first kappa shape index (κ1) is 20.2. The summed E-state index contributed by atoms with van der Waals surface area (Å²) in [5, 5.41) is 5.76. The molecule has 0 fully saturated rings. The van der Waals surface area contributed by atoms with Crippen LogP contribution in [-0.4, -0.2) is 34.5 Å². The van der Waals surface area contributed by atoms with Gasteiger partial charge >= 0.3 is 6.03 Å². The number of amides is 2. The van der Waals surface area contributed by atoms with Crippen molar-refractivity contribution in [2.24, 2.45) is 0 Å². The molecule has 2 rings (SSSR count). The second kappa shape index (κ2) is 8.53. The largest absolute Gasteiger partial charge is 0.497 e. The van der Waals surface area contributed by atoms with Gasteiger partial charge in [-0.1, -0.05) is 12.1 Å². The molecule has 0 saturated carbocycles. The Hall–Kier alpha value is -3.09. The summed E-state index contributed by atoms with van der Waals surface area (Å²) >= 11 is 0. The molecule has 0 aliphatic rings. The third kappa shape index (κ3) is 4.75. The fourth-order valence-corrected chi connectivity index (χ4v) is 2.68. The summed E-state index contributed by atoms with van der Waals surface area (Å²) in [6, 6.07) is 10.5. The minimum atomic E-state index is -0.586. The van der Waals surface area contributed by atoms with Gasteiger partial charge in [0.05, 0.1) is 39.7 Å². The van der Waals surface area contributed by atoms with Crippen LogP contribution in [0.4, 0.5) is 10.5 Å². The molecule has 2 amide bonds. The van der Waals surface area contributed by atoms with E-state index in [0.29, 0.717) is 22.9 Å². The molecule has 0 aromatic heterocycles. The molecule has 2 N–H and O–H groups in total. The number of hydrogen-bond donors (Lipinski definition) is 2. The maximum absolute atomic E-state index is 12.5. The summed E-state index contributed by atoms with van der Waals surface area (Å²) in [6.07, 6.45) is 0. The van der Waals surface area contributed by atoms with E-state index >= 15 is 0 Å². The molecular weight excluding hydrogens is 348 g/mol. The summed E-state index contributed by atoms with van der Waals surface area (Å²) in [6.45, 7) is 3.84. The van der Waals surface area contributed by atoms with Gasteiger partial charge in [0.25, 0.3) is 0 Å². The van der Waals surface area contributed by atoms with Crippen LogP contribution in [0.5, 0.6) is 23.0 Å². The third-order valence-corrected chi connectivity index (χ3v) is 4.16. The first-order valence-electron chi connectivity index (χ1n) is 8.38. The number of nitrogens with one attached hydrogen (secondary N) is 2. The van der Waals surface area contributed by atoms with Gasteiger partial charge in [-0.05, 0) is 31.5 Å². The summed E-state index contributed by atoms with van der Waals surface area (Å²) in [5.74, 6) is 2.14. The summed E-state index contributed by atoms with van der Waals surface area (Å²) in [7, 11) is 6.18. The highest BCUT2D eigenvalue weighted by molar-refractivity contribution is 5.90. The second-order valence-electron chi connectivity index (χ2n) is 6.35. The van der Waals surface area contributed by atoms with Crippen LogP contribution in [0, 0.1) is 0 Å². The molecule has 7 heteroatoms. The van der Waals surface area contributed by atoms with E-state index < -0.39 is 5.54 Å². The van der Waals surface area contributed by atoms with Crippen molar-refractivity contribution in [1.82, 2.24) is 5.32 Å². The Bertz CT molecular complexity index is 762. The quantitative estimate of drug-likeness (QED) is 0.771. The van der Waals surface area contributed by atoms with Crippen molar-refractivity contribution < 1.29 is 23.7 Å². The first-order chi connectivity index (χ1) is 12.8. The predicted octanol–water partition coefficient (Wildman–Crippen LogP) is 3.78. The molecule has 0 saturated heterocycles. The molecule has 7 nitrogen and oxygen atoms in total. The monoisotopic (exact) mass is 374 g/mol. The standard InChI is InChI=1S/C20H26N2O5/c1-20(2,13-7-9-15(24-3)10-8-13)22-19(23)21-14-11-16(25-4)18(27-6)17(12-14)26-5/h7-12H,1-6H3,(H2,21,22,23). The van der Waals surface area contributed by atoms with Crippen LogP contribution in [-0.2, 0) is 5.54 Å². The van der Waals surface area contributed by atoms with E-state index in [-0.39, 0.29) is 6.03 Å².